The van der Waals surface area contributed by atoms with Crippen molar-refractivity contribution in [3.05, 3.63) is 0 Å². The van der Waals surface area contributed by atoms with Gasteiger partial charge in [-0.15, -0.1) is 5.10 Å². The zero-order valence-corrected chi connectivity index (χ0v) is 6.76. The maximum Gasteiger partial charge on any atom is 0.406 e. The summed E-state index contributed by atoms with van der Waals surface area (Å²) in [4.78, 5) is 4.39. The summed E-state index contributed by atoms with van der Waals surface area (Å²) in [6.45, 7) is -1.11. The van der Waals surface area contributed by atoms with E-state index in [1.807, 2.05) is 0 Å². The minimum absolute atomic E-state index is 0.0102. The van der Waals surface area contributed by atoms with Gasteiger partial charge in [-0.1, -0.05) is 0 Å². The van der Waals surface area contributed by atoms with Gasteiger partial charge in [-0.3, -0.25) is 0 Å². The van der Waals surface area contributed by atoms with Gasteiger partial charge in [0.25, 0.3) is 0 Å². The molecule has 0 saturated heterocycles. The summed E-state index contributed by atoms with van der Waals surface area (Å²) in [5, 5.41) is 5.71. The number of hydrogen-bond acceptors (Lipinski definition) is 4. The fraction of sp³-hybridized carbons (Fsp3) is 0.600. The number of H-pyrrole nitrogens is 1. The first kappa shape index (κ1) is 9.62. The van der Waals surface area contributed by atoms with Crippen molar-refractivity contribution in [2.45, 2.75) is 6.18 Å². The Labute approximate surface area is 71.7 Å². The van der Waals surface area contributed by atoms with Gasteiger partial charge in [-0.05, 0) is 0 Å². The topological polar surface area (TPSA) is 70.8 Å². The summed E-state index contributed by atoms with van der Waals surface area (Å²) in [6, 6.07) is 0. The predicted molar refractivity (Wildman–Crippen MR) is 40.1 cm³/mol. The Morgan fingerprint density at radius 2 is 2.15 bits per heavy atom. The minimum Gasteiger partial charge on any atom is -0.368 e. The molecule has 0 aliphatic rings. The van der Waals surface area contributed by atoms with E-state index < -0.39 is 12.7 Å². The summed E-state index contributed by atoms with van der Waals surface area (Å²) in [6.07, 6.45) is -4.27. The zero-order valence-electron chi connectivity index (χ0n) is 6.76. The fourth-order valence-corrected chi connectivity index (χ4v) is 0.775. The van der Waals surface area contributed by atoms with Crippen LogP contribution in [0.2, 0.25) is 0 Å². The van der Waals surface area contributed by atoms with Crippen LogP contribution < -0.4 is 10.6 Å². The summed E-state index contributed by atoms with van der Waals surface area (Å²) < 4.78 is 35.6. The van der Waals surface area contributed by atoms with Crippen molar-refractivity contribution >= 4 is 11.9 Å². The van der Waals surface area contributed by atoms with Crippen LogP contribution >= 0.6 is 0 Å². The van der Waals surface area contributed by atoms with Crippen molar-refractivity contribution in [3.63, 3.8) is 0 Å². The number of nitrogens with zero attached hydrogens (tertiary/aromatic N) is 3. The summed E-state index contributed by atoms with van der Waals surface area (Å²) in [5.74, 6) is -0.0844. The van der Waals surface area contributed by atoms with Gasteiger partial charge in [-0.25, -0.2) is 5.10 Å². The Morgan fingerprint density at radius 3 is 2.54 bits per heavy atom. The van der Waals surface area contributed by atoms with E-state index in [0.29, 0.717) is 0 Å². The molecule has 0 fully saturated rings. The van der Waals surface area contributed by atoms with Gasteiger partial charge in [0, 0.05) is 7.05 Å². The molecule has 0 amide bonds. The number of alkyl halides is 3. The summed E-state index contributed by atoms with van der Waals surface area (Å²) in [5.41, 5.74) is 5.14. The molecule has 3 N–H and O–H groups in total. The molecule has 0 unspecified atom stereocenters. The third-order valence-electron chi connectivity index (χ3n) is 1.25. The molecule has 0 saturated carbocycles. The molecule has 1 rings (SSSR count). The van der Waals surface area contributed by atoms with Gasteiger partial charge in [-0.2, -0.15) is 18.2 Å². The molecule has 5 nitrogen and oxygen atoms in total. The molecule has 0 atom stereocenters. The van der Waals surface area contributed by atoms with Crippen LogP contribution in [0, 0.1) is 0 Å². The Bertz CT molecular complexity index is 280. The lowest BCUT2D eigenvalue weighted by Gasteiger charge is -2.16. The minimum atomic E-state index is -4.27. The number of aromatic amines is 1. The second-order valence-electron chi connectivity index (χ2n) is 2.49. The lowest BCUT2D eigenvalue weighted by Crippen LogP contribution is -2.31. The second-order valence-corrected chi connectivity index (χ2v) is 2.49. The van der Waals surface area contributed by atoms with E-state index in [2.05, 4.69) is 15.2 Å². The zero-order chi connectivity index (χ0) is 10.1. The van der Waals surface area contributed by atoms with Crippen LogP contribution in [0.3, 0.4) is 0 Å². The standard InChI is InChI=1S/C5H8F3N5/c1-13(2-5(6,7)8)4-10-3(9)11-12-4/h2H2,1H3,(H3,9,10,11,12). The normalized spacial score (nSPS) is 11.7. The molecular formula is C5H8F3N5. The number of nitrogen functional groups attached to an aromatic ring is 1. The SMILES string of the molecule is CN(CC(F)(F)F)c1n[nH]c(N)n1. The monoisotopic (exact) mass is 195 g/mol. The molecule has 1 aromatic heterocycles. The maximum absolute atomic E-state index is 11.9. The van der Waals surface area contributed by atoms with Gasteiger partial charge in [0.2, 0.25) is 11.9 Å². The molecule has 13 heavy (non-hydrogen) atoms. The van der Waals surface area contributed by atoms with E-state index in [-0.39, 0.29) is 11.9 Å². The lowest BCUT2D eigenvalue weighted by atomic mass is 10.6. The van der Waals surface area contributed by atoms with Crippen LogP contribution in [0.25, 0.3) is 0 Å². The molecule has 1 aromatic rings. The first-order valence-electron chi connectivity index (χ1n) is 3.34. The fourth-order valence-electron chi connectivity index (χ4n) is 0.775. The van der Waals surface area contributed by atoms with Crippen LogP contribution in [0.15, 0.2) is 0 Å². The number of aromatic nitrogens is 3. The van der Waals surface area contributed by atoms with E-state index in [0.717, 1.165) is 4.90 Å². The van der Waals surface area contributed by atoms with E-state index >= 15 is 0 Å². The molecule has 0 aliphatic carbocycles. The average molecular weight is 195 g/mol. The summed E-state index contributed by atoms with van der Waals surface area (Å²) >= 11 is 0. The Morgan fingerprint density at radius 1 is 1.54 bits per heavy atom. The molecule has 1 heterocycles. The number of halogens is 3. The van der Waals surface area contributed by atoms with Gasteiger partial charge in [0.05, 0.1) is 0 Å². The van der Waals surface area contributed by atoms with Crippen LogP contribution in [0.4, 0.5) is 25.1 Å². The third kappa shape index (κ3) is 2.80. The van der Waals surface area contributed by atoms with Crippen LogP contribution in [0.1, 0.15) is 0 Å². The van der Waals surface area contributed by atoms with E-state index in [1.165, 1.54) is 7.05 Å². The molecule has 0 aromatic carbocycles. The highest BCUT2D eigenvalue weighted by Gasteiger charge is 2.30. The molecule has 74 valence electrons. The summed E-state index contributed by atoms with van der Waals surface area (Å²) in [7, 11) is 1.23. The molecule has 0 spiro atoms. The Hall–Kier alpha value is -1.47. The quantitative estimate of drug-likeness (QED) is 0.715. The molecule has 0 radical (unpaired) electrons. The number of rotatable bonds is 2. The highest BCUT2D eigenvalue weighted by Crippen LogP contribution is 2.18. The van der Waals surface area contributed by atoms with Crippen molar-refractivity contribution in [1.82, 2.24) is 15.2 Å². The Balaban J connectivity index is 2.64. The van der Waals surface area contributed by atoms with Crippen molar-refractivity contribution in [2.24, 2.45) is 0 Å². The first-order chi connectivity index (χ1) is 5.88. The molecule has 0 aliphatic heterocycles. The second kappa shape index (κ2) is 3.11. The number of hydrogen-bond donors (Lipinski definition) is 2. The predicted octanol–water partition coefficient (Wildman–Crippen LogP) is 0.385. The third-order valence-corrected chi connectivity index (χ3v) is 1.25. The smallest absolute Gasteiger partial charge is 0.368 e. The van der Waals surface area contributed by atoms with Crippen molar-refractivity contribution < 1.29 is 13.2 Å². The Kier molecular flexibility index (Phi) is 2.30. The highest BCUT2D eigenvalue weighted by molar-refractivity contribution is 5.32. The largest absolute Gasteiger partial charge is 0.406 e. The average Bonchev–Trinajstić information content (AvgIpc) is 2.31. The number of anilines is 2. The first-order valence-corrected chi connectivity index (χ1v) is 3.34. The van der Waals surface area contributed by atoms with Crippen LogP contribution in [-0.2, 0) is 0 Å². The van der Waals surface area contributed by atoms with Crippen molar-refractivity contribution in [1.29, 1.82) is 0 Å². The van der Waals surface area contributed by atoms with Gasteiger partial charge < -0.3 is 10.6 Å². The van der Waals surface area contributed by atoms with Gasteiger partial charge in [0.1, 0.15) is 6.54 Å². The molecule has 0 bridgehead atoms. The van der Waals surface area contributed by atoms with E-state index in [4.69, 9.17) is 5.73 Å². The maximum atomic E-state index is 11.9. The lowest BCUT2D eigenvalue weighted by molar-refractivity contribution is -0.119. The van der Waals surface area contributed by atoms with Gasteiger partial charge in [0.15, 0.2) is 0 Å². The van der Waals surface area contributed by atoms with Crippen molar-refractivity contribution in [2.75, 3.05) is 24.2 Å². The number of nitrogens with one attached hydrogen (secondary N) is 1. The van der Waals surface area contributed by atoms with Crippen molar-refractivity contribution in [3.8, 4) is 0 Å². The van der Waals surface area contributed by atoms with E-state index in [9.17, 15) is 13.2 Å². The van der Waals surface area contributed by atoms with E-state index in [1.54, 1.807) is 0 Å². The van der Waals surface area contributed by atoms with Crippen LogP contribution in [-0.4, -0.2) is 35.0 Å². The van der Waals surface area contributed by atoms with Gasteiger partial charge >= 0.3 is 6.18 Å². The molecular weight excluding hydrogens is 187 g/mol. The molecule has 8 heteroatoms. The van der Waals surface area contributed by atoms with Crippen LogP contribution in [0.5, 0.6) is 0 Å². The highest BCUT2D eigenvalue weighted by atomic mass is 19.4. The number of nitrogens with two attached hydrogens (primary N) is 1.